The molecule has 2 heterocycles. The highest BCUT2D eigenvalue weighted by atomic mass is 16.3. The van der Waals surface area contributed by atoms with E-state index in [-0.39, 0.29) is 17.4 Å². The summed E-state index contributed by atoms with van der Waals surface area (Å²) >= 11 is 0. The highest BCUT2D eigenvalue weighted by Crippen LogP contribution is 2.27. The predicted octanol–water partition coefficient (Wildman–Crippen LogP) is 3.89. The summed E-state index contributed by atoms with van der Waals surface area (Å²) in [5, 5.41) is 32.8. The first kappa shape index (κ1) is 18.6. The molecule has 8 nitrogen and oxygen atoms in total. The summed E-state index contributed by atoms with van der Waals surface area (Å²) in [7, 11) is 0. The number of hydrogen-bond donors (Lipinski definition) is 3. The SMILES string of the molecule is Oc1ccc(/C=N/Nc2nnc3c4ccccc4n(Cc4ccccc4)c3n2)c(O)c1. The van der Waals surface area contributed by atoms with Crippen molar-refractivity contribution in [2.45, 2.75) is 6.54 Å². The van der Waals surface area contributed by atoms with Crippen molar-refractivity contribution in [3.05, 3.63) is 83.9 Å². The van der Waals surface area contributed by atoms with Gasteiger partial charge in [0.15, 0.2) is 5.65 Å². The molecule has 0 atom stereocenters. The standard InChI is InChI=1S/C23H18N6O2/c30-17-11-10-16(20(31)12-17)13-24-27-23-25-22-21(26-28-23)18-8-4-5-9-19(18)29(22)14-15-6-2-1-3-7-15/h1-13,30-31H,14H2,(H,25,27,28)/b24-13+. The zero-order chi connectivity index (χ0) is 21.2. The summed E-state index contributed by atoms with van der Waals surface area (Å²) in [6.07, 6.45) is 1.42. The minimum absolute atomic E-state index is 0.0214. The van der Waals surface area contributed by atoms with E-state index < -0.39 is 0 Å². The second kappa shape index (κ2) is 7.75. The average molecular weight is 410 g/mol. The number of hydrazone groups is 1. The Morgan fingerprint density at radius 1 is 0.935 bits per heavy atom. The number of fused-ring (bicyclic) bond motifs is 3. The monoisotopic (exact) mass is 410 g/mol. The van der Waals surface area contributed by atoms with Crippen molar-refractivity contribution >= 4 is 34.2 Å². The van der Waals surface area contributed by atoms with Crippen molar-refractivity contribution in [3.63, 3.8) is 0 Å². The van der Waals surface area contributed by atoms with Gasteiger partial charge in [0.25, 0.3) is 5.95 Å². The van der Waals surface area contributed by atoms with Crippen LogP contribution < -0.4 is 5.43 Å². The van der Waals surface area contributed by atoms with Crippen LogP contribution in [0.3, 0.4) is 0 Å². The maximum Gasteiger partial charge on any atom is 0.265 e. The molecular formula is C23H18N6O2. The normalized spacial score (nSPS) is 11.5. The molecule has 5 aromatic rings. The van der Waals surface area contributed by atoms with Crippen molar-refractivity contribution in [2.24, 2.45) is 5.10 Å². The lowest BCUT2D eigenvalue weighted by Crippen LogP contribution is -2.04. The Balaban J connectivity index is 1.51. The van der Waals surface area contributed by atoms with Gasteiger partial charge in [-0.05, 0) is 23.8 Å². The Labute approximate surface area is 177 Å². The van der Waals surface area contributed by atoms with Crippen LogP contribution in [0.1, 0.15) is 11.1 Å². The third-order valence-corrected chi connectivity index (χ3v) is 4.94. The van der Waals surface area contributed by atoms with E-state index in [1.165, 1.54) is 18.3 Å². The summed E-state index contributed by atoms with van der Waals surface area (Å²) < 4.78 is 2.11. The fourth-order valence-electron chi connectivity index (χ4n) is 3.48. The molecule has 0 saturated heterocycles. The predicted molar refractivity (Wildman–Crippen MR) is 119 cm³/mol. The van der Waals surface area contributed by atoms with E-state index in [0.29, 0.717) is 17.8 Å². The van der Waals surface area contributed by atoms with E-state index in [0.717, 1.165) is 22.0 Å². The maximum absolute atomic E-state index is 9.86. The summed E-state index contributed by atoms with van der Waals surface area (Å²) in [6.45, 7) is 0.646. The van der Waals surface area contributed by atoms with Crippen LogP contribution >= 0.6 is 0 Å². The van der Waals surface area contributed by atoms with Gasteiger partial charge in [-0.25, -0.2) is 5.43 Å². The van der Waals surface area contributed by atoms with Crippen LogP contribution in [0.25, 0.3) is 22.1 Å². The largest absolute Gasteiger partial charge is 0.508 e. The van der Waals surface area contributed by atoms with Crippen molar-refractivity contribution in [1.82, 2.24) is 19.7 Å². The van der Waals surface area contributed by atoms with Gasteiger partial charge in [-0.1, -0.05) is 48.5 Å². The summed E-state index contributed by atoms with van der Waals surface area (Å²) in [5.41, 5.74) is 6.80. The van der Waals surface area contributed by atoms with Gasteiger partial charge in [-0.3, -0.25) is 0 Å². The first-order valence-corrected chi connectivity index (χ1v) is 9.66. The number of benzene rings is 3. The van der Waals surface area contributed by atoms with Gasteiger partial charge in [-0.2, -0.15) is 10.1 Å². The number of nitrogens with one attached hydrogen (secondary N) is 1. The Hall–Kier alpha value is -4.46. The van der Waals surface area contributed by atoms with Gasteiger partial charge in [0, 0.05) is 23.6 Å². The van der Waals surface area contributed by atoms with E-state index in [1.54, 1.807) is 6.07 Å². The van der Waals surface area contributed by atoms with Gasteiger partial charge in [0.05, 0.1) is 11.7 Å². The maximum atomic E-state index is 9.86. The molecule has 3 aromatic carbocycles. The van der Waals surface area contributed by atoms with Crippen LogP contribution in [0.15, 0.2) is 77.9 Å². The summed E-state index contributed by atoms with van der Waals surface area (Å²) in [4.78, 5) is 4.64. The van der Waals surface area contributed by atoms with Crippen molar-refractivity contribution in [3.8, 4) is 11.5 Å². The van der Waals surface area contributed by atoms with Crippen LogP contribution in [-0.4, -0.2) is 36.2 Å². The third-order valence-electron chi connectivity index (χ3n) is 4.94. The molecule has 8 heteroatoms. The molecule has 31 heavy (non-hydrogen) atoms. The molecule has 0 aliphatic heterocycles. The fraction of sp³-hybridized carbons (Fsp3) is 0.0435. The van der Waals surface area contributed by atoms with E-state index in [4.69, 9.17) is 0 Å². The Kier molecular flexibility index (Phi) is 4.64. The Morgan fingerprint density at radius 2 is 1.74 bits per heavy atom. The van der Waals surface area contributed by atoms with Gasteiger partial charge in [-0.15, -0.1) is 10.2 Å². The molecule has 0 unspecified atom stereocenters. The molecule has 2 aromatic heterocycles. The van der Waals surface area contributed by atoms with Crippen molar-refractivity contribution in [1.29, 1.82) is 0 Å². The fourth-order valence-corrected chi connectivity index (χ4v) is 3.48. The second-order valence-corrected chi connectivity index (χ2v) is 7.01. The number of anilines is 1. The highest BCUT2D eigenvalue weighted by Gasteiger charge is 2.14. The molecule has 0 aliphatic rings. The highest BCUT2D eigenvalue weighted by molar-refractivity contribution is 6.04. The molecule has 0 spiro atoms. The van der Waals surface area contributed by atoms with E-state index in [2.05, 4.69) is 42.4 Å². The third kappa shape index (κ3) is 3.62. The minimum atomic E-state index is -0.0805. The molecule has 5 rings (SSSR count). The number of rotatable bonds is 5. The van der Waals surface area contributed by atoms with Crippen molar-refractivity contribution in [2.75, 3.05) is 5.43 Å². The van der Waals surface area contributed by atoms with Gasteiger partial charge >= 0.3 is 0 Å². The molecule has 152 valence electrons. The average Bonchev–Trinajstić information content (AvgIpc) is 3.09. The summed E-state index contributed by atoms with van der Waals surface area (Å²) in [6, 6.07) is 22.4. The van der Waals surface area contributed by atoms with E-state index >= 15 is 0 Å². The number of para-hydroxylation sites is 1. The van der Waals surface area contributed by atoms with Crippen LogP contribution in [0.2, 0.25) is 0 Å². The van der Waals surface area contributed by atoms with Crippen LogP contribution in [-0.2, 0) is 6.54 Å². The van der Waals surface area contributed by atoms with Crippen molar-refractivity contribution < 1.29 is 10.2 Å². The number of phenolic OH excluding ortho intramolecular Hbond substituents is 2. The molecule has 0 fully saturated rings. The lowest BCUT2D eigenvalue weighted by molar-refractivity contribution is 0.450. The Bertz CT molecular complexity index is 1410. The second-order valence-electron chi connectivity index (χ2n) is 7.01. The molecule has 3 N–H and O–H groups in total. The molecule has 0 amide bonds. The number of aromatic hydroxyl groups is 2. The first-order valence-electron chi connectivity index (χ1n) is 9.66. The topological polar surface area (TPSA) is 108 Å². The van der Waals surface area contributed by atoms with Crippen LogP contribution in [0, 0.1) is 0 Å². The molecule has 0 radical (unpaired) electrons. The number of phenols is 2. The van der Waals surface area contributed by atoms with E-state index in [9.17, 15) is 10.2 Å². The quantitative estimate of drug-likeness (QED) is 0.300. The van der Waals surface area contributed by atoms with Crippen LogP contribution in [0.4, 0.5) is 5.95 Å². The molecule has 0 saturated carbocycles. The van der Waals surface area contributed by atoms with Gasteiger partial charge < -0.3 is 14.8 Å². The number of nitrogens with zero attached hydrogens (tertiary/aromatic N) is 5. The number of aromatic nitrogens is 4. The Morgan fingerprint density at radius 3 is 2.58 bits per heavy atom. The first-order chi connectivity index (χ1) is 15.2. The molecule has 0 aliphatic carbocycles. The smallest absolute Gasteiger partial charge is 0.265 e. The van der Waals surface area contributed by atoms with Gasteiger partial charge in [0.2, 0.25) is 0 Å². The lowest BCUT2D eigenvalue weighted by atomic mass is 10.2. The molecular weight excluding hydrogens is 392 g/mol. The van der Waals surface area contributed by atoms with Gasteiger partial charge in [0.1, 0.15) is 17.0 Å². The zero-order valence-electron chi connectivity index (χ0n) is 16.3. The minimum Gasteiger partial charge on any atom is -0.508 e. The summed E-state index contributed by atoms with van der Waals surface area (Å²) in [5.74, 6) is 0.133. The van der Waals surface area contributed by atoms with E-state index in [1.807, 2.05) is 42.5 Å². The lowest BCUT2D eigenvalue weighted by Gasteiger charge is -2.07. The van der Waals surface area contributed by atoms with Crippen LogP contribution in [0.5, 0.6) is 11.5 Å². The zero-order valence-corrected chi connectivity index (χ0v) is 16.3. The number of hydrogen-bond acceptors (Lipinski definition) is 7. The molecule has 0 bridgehead atoms.